The monoisotopic (exact) mass is 461 g/mol. The number of nitrogens with zero attached hydrogens (tertiary/aromatic N) is 2. The fraction of sp³-hybridized carbons (Fsp3) is 0.115. The van der Waals surface area contributed by atoms with Gasteiger partial charge in [0.15, 0.2) is 0 Å². The van der Waals surface area contributed by atoms with Gasteiger partial charge in [0.1, 0.15) is 5.82 Å². The molecular formula is C26H24FN3O4. The molecule has 34 heavy (non-hydrogen) atoms. The van der Waals surface area contributed by atoms with Crippen molar-refractivity contribution in [2.75, 3.05) is 11.9 Å². The molecule has 174 valence electrons. The van der Waals surface area contributed by atoms with Crippen LogP contribution < -0.4 is 5.32 Å². The van der Waals surface area contributed by atoms with Crippen LogP contribution in [0, 0.1) is 5.82 Å². The molecule has 0 aliphatic heterocycles. The molecule has 0 amide bonds. The third kappa shape index (κ3) is 7.30. The number of nitrogens with one attached hydrogen (secondary N) is 1. The zero-order chi connectivity index (χ0) is 24.3. The van der Waals surface area contributed by atoms with Gasteiger partial charge in [-0.25, -0.2) is 14.0 Å². The maximum absolute atomic E-state index is 13.1. The number of para-hydroxylation sites is 1. The number of aromatic nitrogens is 2. The first-order valence-electron chi connectivity index (χ1n) is 10.5. The molecule has 0 aliphatic rings. The summed E-state index contributed by atoms with van der Waals surface area (Å²) in [5.41, 5.74) is 4.63. The molecular weight excluding hydrogens is 437 g/mol. The zero-order valence-corrected chi connectivity index (χ0v) is 18.3. The van der Waals surface area contributed by atoms with Crippen LogP contribution in [0.2, 0.25) is 0 Å². The smallest absolute Gasteiger partial charge is 0.328 e. The lowest BCUT2D eigenvalue weighted by atomic mass is 10.1. The summed E-state index contributed by atoms with van der Waals surface area (Å²) in [6.07, 6.45) is 7.85. The molecule has 0 fully saturated rings. The van der Waals surface area contributed by atoms with Crippen LogP contribution in [0.4, 0.5) is 10.1 Å². The van der Waals surface area contributed by atoms with E-state index in [1.165, 1.54) is 28.6 Å². The van der Waals surface area contributed by atoms with Gasteiger partial charge in [0.2, 0.25) is 0 Å². The number of fused-ring (bicyclic) bond motifs is 1. The van der Waals surface area contributed by atoms with Gasteiger partial charge in [0.25, 0.3) is 0 Å². The highest BCUT2D eigenvalue weighted by molar-refractivity contribution is 5.89. The molecule has 4 rings (SSSR count). The molecule has 0 radical (unpaired) electrons. The predicted molar refractivity (Wildman–Crippen MR) is 128 cm³/mol. The number of hydrogen-bond donors (Lipinski definition) is 3. The van der Waals surface area contributed by atoms with E-state index in [-0.39, 0.29) is 5.82 Å². The summed E-state index contributed by atoms with van der Waals surface area (Å²) in [5.74, 6) is -2.71. The van der Waals surface area contributed by atoms with Gasteiger partial charge in [-0.2, -0.15) is 0 Å². The van der Waals surface area contributed by atoms with Gasteiger partial charge in [-0.3, -0.25) is 4.98 Å². The second kappa shape index (κ2) is 12.0. The Morgan fingerprint density at radius 1 is 0.971 bits per heavy atom. The summed E-state index contributed by atoms with van der Waals surface area (Å²) in [5, 5.41) is 20.3. The first-order chi connectivity index (χ1) is 16.4. The minimum atomic E-state index is -1.26. The Bertz CT molecular complexity index is 1250. The van der Waals surface area contributed by atoms with Crippen LogP contribution in [0.3, 0.4) is 0 Å². The van der Waals surface area contributed by atoms with Gasteiger partial charge in [0, 0.05) is 54.7 Å². The molecule has 0 unspecified atom stereocenters. The van der Waals surface area contributed by atoms with E-state index < -0.39 is 11.9 Å². The number of halogens is 1. The minimum Gasteiger partial charge on any atom is -0.478 e. The van der Waals surface area contributed by atoms with E-state index in [9.17, 15) is 14.0 Å². The lowest BCUT2D eigenvalue weighted by Gasteiger charge is -2.05. The van der Waals surface area contributed by atoms with Crippen molar-refractivity contribution >= 4 is 28.5 Å². The van der Waals surface area contributed by atoms with Gasteiger partial charge >= 0.3 is 11.9 Å². The second-order valence-corrected chi connectivity index (χ2v) is 7.35. The normalized spacial score (nSPS) is 10.6. The standard InChI is InChI=1S/C22H20FN3.C4H4O4/c23-19-9-7-17(8-10-19)15-26-16-18(21-5-1-2-6-22(21)26)11-13-25-20-4-3-12-24-14-20;5-3(6)1-2-4(7)8/h1-10,12,14,16,25H,11,13,15H2;1-2H,(H,5,6)(H,7,8)/b;2-1-. The fourth-order valence-corrected chi connectivity index (χ4v) is 3.39. The molecule has 2 heterocycles. The third-order valence-corrected chi connectivity index (χ3v) is 4.89. The number of anilines is 1. The molecule has 0 saturated heterocycles. The molecule has 2 aromatic carbocycles. The quantitative estimate of drug-likeness (QED) is 0.332. The van der Waals surface area contributed by atoms with E-state index in [2.05, 4.69) is 45.3 Å². The van der Waals surface area contributed by atoms with Crippen LogP contribution in [0.25, 0.3) is 10.9 Å². The molecule has 8 heteroatoms. The number of carboxylic acid groups (broad SMARTS) is 2. The van der Waals surface area contributed by atoms with Crippen LogP contribution in [0.15, 0.2) is 91.4 Å². The molecule has 0 atom stereocenters. The van der Waals surface area contributed by atoms with Crippen LogP contribution in [-0.2, 0) is 22.6 Å². The molecule has 0 spiro atoms. The lowest BCUT2D eigenvalue weighted by Crippen LogP contribution is -2.04. The third-order valence-electron chi connectivity index (χ3n) is 4.89. The Balaban J connectivity index is 0.000000350. The molecule has 0 bridgehead atoms. The summed E-state index contributed by atoms with van der Waals surface area (Å²) in [6, 6.07) is 19.1. The number of carbonyl (C=O) groups is 2. The van der Waals surface area contributed by atoms with Gasteiger partial charge in [-0.05, 0) is 47.9 Å². The minimum absolute atomic E-state index is 0.201. The van der Waals surface area contributed by atoms with Crippen molar-refractivity contribution in [3.63, 3.8) is 0 Å². The summed E-state index contributed by atoms with van der Waals surface area (Å²) in [7, 11) is 0. The number of benzene rings is 2. The van der Waals surface area contributed by atoms with Crippen LogP contribution >= 0.6 is 0 Å². The SMILES string of the molecule is Fc1ccc(Cn2cc(CCNc3cccnc3)c3ccccc32)cc1.O=C(O)/C=C\C(=O)O. The number of rotatable bonds is 8. The molecule has 0 aliphatic carbocycles. The van der Waals surface area contributed by atoms with Crippen molar-refractivity contribution in [3.05, 3.63) is 108 Å². The highest BCUT2D eigenvalue weighted by Crippen LogP contribution is 2.23. The topological polar surface area (TPSA) is 104 Å². The van der Waals surface area contributed by atoms with Crippen LogP contribution in [0.1, 0.15) is 11.1 Å². The van der Waals surface area contributed by atoms with Gasteiger partial charge in [-0.15, -0.1) is 0 Å². The van der Waals surface area contributed by atoms with E-state index in [0.717, 1.165) is 30.8 Å². The summed E-state index contributed by atoms with van der Waals surface area (Å²) < 4.78 is 15.4. The first kappa shape index (κ1) is 24.2. The van der Waals surface area contributed by atoms with E-state index in [1.807, 2.05) is 30.5 Å². The van der Waals surface area contributed by atoms with Gasteiger partial charge in [-0.1, -0.05) is 30.3 Å². The number of aliphatic carboxylic acids is 2. The summed E-state index contributed by atoms with van der Waals surface area (Å²) in [4.78, 5) is 23.2. The van der Waals surface area contributed by atoms with Crippen molar-refractivity contribution in [3.8, 4) is 0 Å². The predicted octanol–water partition coefficient (Wildman–Crippen LogP) is 4.59. The summed E-state index contributed by atoms with van der Waals surface area (Å²) in [6.45, 7) is 1.58. The highest BCUT2D eigenvalue weighted by Gasteiger charge is 2.08. The Hall–Kier alpha value is -4.46. The molecule has 3 N–H and O–H groups in total. The van der Waals surface area contributed by atoms with Crippen molar-refractivity contribution in [2.24, 2.45) is 0 Å². The van der Waals surface area contributed by atoms with E-state index >= 15 is 0 Å². The lowest BCUT2D eigenvalue weighted by molar-refractivity contribution is -0.134. The zero-order valence-electron chi connectivity index (χ0n) is 18.3. The Morgan fingerprint density at radius 2 is 1.68 bits per heavy atom. The van der Waals surface area contributed by atoms with E-state index in [1.54, 1.807) is 6.20 Å². The number of carboxylic acids is 2. The largest absolute Gasteiger partial charge is 0.478 e. The van der Waals surface area contributed by atoms with E-state index in [4.69, 9.17) is 10.2 Å². The molecule has 2 aromatic heterocycles. The maximum Gasteiger partial charge on any atom is 0.328 e. The Morgan fingerprint density at radius 3 is 2.32 bits per heavy atom. The van der Waals surface area contributed by atoms with Gasteiger partial charge < -0.3 is 20.1 Å². The van der Waals surface area contributed by atoms with E-state index in [0.29, 0.717) is 12.2 Å². The van der Waals surface area contributed by atoms with Crippen molar-refractivity contribution in [2.45, 2.75) is 13.0 Å². The number of pyridine rings is 1. The van der Waals surface area contributed by atoms with Crippen molar-refractivity contribution in [1.29, 1.82) is 0 Å². The maximum atomic E-state index is 13.1. The Labute approximate surface area is 195 Å². The Kier molecular flexibility index (Phi) is 8.51. The highest BCUT2D eigenvalue weighted by atomic mass is 19.1. The molecule has 4 aromatic rings. The second-order valence-electron chi connectivity index (χ2n) is 7.35. The number of hydrogen-bond acceptors (Lipinski definition) is 4. The van der Waals surface area contributed by atoms with Gasteiger partial charge in [0.05, 0.1) is 5.69 Å². The van der Waals surface area contributed by atoms with Crippen molar-refractivity contribution < 1.29 is 24.2 Å². The molecule has 0 saturated carbocycles. The fourth-order valence-electron chi connectivity index (χ4n) is 3.39. The first-order valence-corrected chi connectivity index (χ1v) is 10.5. The summed E-state index contributed by atoms with van der Waals surface area (Å²) >= 11 is 0. The van der Waals surface area contributed by atoms with Crippen molar-refractivity contribution in [1.82, 2.24) is 9.55 Å². The van der Waals surface area contributed by atoms with Crippen LogP contribution in [-0.4, -0.2) is 38.2 Å². The average molecular weight is 461 g/mol. The van der Waals surface area contributed by atoms with Crippen LogP contribution in [0.5, 0.6) is 0 Å². The average Bonchev–Trinajstić information content (AvgIpc) is 3.18. The molecule has 7 nitrogen and oxygen atoms in total.